The summed E-state index contributed by atoms with van der Waals surface area (Å²) < 4.78 is 0. The minimum Gasteiger partial charge on any atom is -0.333 e. The maximum Gasteiger partial charge on any atom is 0.290 e. The van der Waals surface area contributed by atoms with Gasteiger partial charge in [0, 0.05) is 23.7 Å². The lowest BCUT2D eigenvalue weighted by Crippen LogP contribution is -2.47. The summed E-state index contributed by atoms with van der Waals surface area (Å²) in [6.07, 6.45) is 2.94. The molecule has 0 N–H and O–H groups in total. The number of hydrogen-bond acceptors (Lipinski definition) is 3. The fraction of sp³-hybridized carbons (Fsp3) is 0.500. The zero-order chi connectivity index (χ0) is 15.7. The molecule has 0 aromatic heterocycles. The van der Waals surface area contributed by atoms with Crippen LogP contribution in [0.2, 0.25) is 10.0 Å². The number of hydrogen-bond donors (Lipinski definition) is 0. The van der Waals surface area contributed by atoms with Crippen LogP contribution >= 0.6 is 23.2 Å². The predicted molar refractivity (Wildman–Crippen MR) is 82.1 cm³/mol. The van der Waals surface area contributed by atoms with Crippen LogP contribution in [-0.2, 0) is 0 Å². The van der Waals surface area contributed by atoms with E-state index in [0.29, 0.717) is 0 Å². The molecule has 0 radical (unpaired) electrons. The Morgan fingerprint density at radius 1 is 1.29 bits per heavy atom. The summed E-state index contributed by atoms with van der Waals surface area (Å²) in [7, 11) is 0. The standard InChI is InChI=1S/C14H16Cl2N2O3/c1-8-4-3-5-9(2)17(8)14(19)10-6-11(15)13(16)12(7-10)18(20)21/h6-9H,3-5H2,1-2H3. The first-order valence-corrected chi connectivity index (χ1v) is 7.54. The number of nitro benzene ring substituents is 1. The Labute approximate surface area is 133 Å². The van der Waals surface area contributed by atoms with E-state index in [0.717, 1.165) is 19.3 Å². The van der Waals surface area contributed by atoms with Gasteiger partial charge in [-0.15, -0.1) is 0 Å². The molecule has 1 fully saturated rings. The van der Waals surface area contributed by atoms with Gasteiger partial charge in [0.15, 0.2) is 0 Å². The van der Waals surface area contributed by atoms with Crippen molar-refractivity contribution in [2.45, 2.75) is 45.2 Å². The van der Waals surface area contributed by atoms with Gasteiger partial charge in [-0.05, 0) is 39.2 Å². The summed E-state index contributed by atoms with van der Waals surface area (Å²) in [5, 5.41) is 10.9. The molecule has 0 aliphatic carbocycles. The van der Waals surface area contributed by atoms with Crippen LogP contribution in [0.5, 0.6) is 0 Å². The first-order chi connectivity index (χ1) is 9.82. The smallest absolute Gasteiger partial charge is 0.290 e. The molecule has 1 saturated heterocycles. The number of likely N-dealkylation sites (tertiary alicyclic amines) is 1. The highest BCUT2D eigenvalue weighted by Crippen LogP contribution is 2.34. The highest BCUT2D eigenvalue weighted by Gasteiger charge is 2.31. The van der Waals surface area contributed by atoms with E-state index in [9.17, 15) is 14.9 Å². The van der Waals surface area contributed by atoms with Crippen LogP contribution in [0.25, 0.3) is 0 Å². The second kappa shape index (κ2) is 6.20. The number of benzene rings is 1. The van der Waals surface area contributed by atoms with Gasteiger partial charge >= 0.3 is 0 Å². The number of rotatable bonds is 2. The van der Waals surface area contributed by atoms with Crippen LogP contribution in [0.4, 0.5) is 5.69 Å². The van der Waals surface area contributed by atoms with Crippen LogP contribution in [0, 0.1) is 10.1 Å². The average molecular weight is 331 g/mol. The number of carbonyl (C=O) groups is 1. The number of carbonyl (C=O) groups excluding carboxylic acids is 1. The van der Waals surface area contributed by atoms with E-state index in [-0.39, 0.29) is 39.3 Å². The molecule has 2 unspecified atom stereocenters. The second-order valence-corrected chi connectivity index (χ2v) is 6.17. The van der Waals surface area contributed by atoms with Gasteiger partial charge < -0.3 is 4.90 Å². The predicted octanol–water partition coefficient (Wildman–Crippen LogP) is 4.30. The van der Waals surface area contributed by atoms with Gasteiger partial charge in [-0.1, -0.05) is 23.2 Å². The molecular weight excluding hydrogens is 315 g/mol. The molecule has 2 rings (SSSR count). The van der Waals surface area contributed by atoms with Crippen molar-refractivity contribution < 1.29 is 9.72 Å². The van der Waals surface area contributed by atoms with Crippen LogP contribution < -0.4 is 0 Å². The van der Waals surface area contributed by atoms with E-state index < -0.39 is 4.92 Å². The molecule has 0 bridgehead atoms. The van der Waals surface area contributed by atoms with E-state index in [4.69, 9.17) is 23.2 Å². The van der Waals surface area contributed by atoms with Crippen LogP contribution in [0.15, 0.2) is 12.1 Å². The minimum atomic E-state index is -0.631. The van der Waals surface area contributed by atoms with E-state index in [1.807, 2.05) is 13.8 Å². The largest absolute Gasteiger partial charge is 0.333 e. The lowest BCUT2D eigenvalue weighted by Gasteiger charge is -2.39. The summed E-state index contributed by atoms with van der Waals surface area (Å²) in [4.78, 5) is 24.8. The molecule has 0 spiro atoms. The van der Waals surface area contributed by atoms with Crippen molar-refractivity contribution in [1.29, 1.82) is 0 Å². The van der Waals surface area contributed by atoms with Gasteiger partial charge in [-0.3, -0.25) is 14.9 Å². The first-order valence-electron chi connectivity index (χ1n) is 6.79. The summed E-state index contributed by atoms with van der Waals surface area (Å²) in [6.45, 7) is 3.97. The molecule has 1 aromatic rings. The normalized spacial score (nSPS) is 22.2. The quantitative estimate of drug-likeness (QED) is 0.599. The van der Waals surface area contributed by atoms with E-state index in [1.54, 1.807) is 4.90 Å². The van der Waals surface area contributed by atoms with Crippen molar-refractivity contribution >= 4 is 34.8 Å². The number of halogens is 2. The molecule has 1 aliphatic rings. The molecule has 21 heavy (non-hydrogen) atoms. The Balaban J connectivity index is 2.41. The van der Waals surface area contributed by atoms with Crippen molar-refractivity contribution in [3.05, 3.63) is 37.9 Å². The fourth-order valence-corrected chi connectivity index (χ4v) is 3.19. The van der Waals surface area contributed by atoms with Crippen molar-refractivity contribution in [1.82, 2.24) is 4.90 Å². The molecule has 5 nitrogen and oxygen atoms in total. The summed E-state index contributed by atoms with van der Waals surface area (Å²) in [6, 6.07) is 2.81. The Morgan fingerprint density at radius 3 is 2.38 bits per heavy atom. The zero-order valence-corrected chi connectivity index (χ0v) is 13.3. The molecule has 1 amide bonds. The maximum atomic E-state index is 12.7. The molecule has 1 heterocycles. The van der Waals surface area contributed by atoms with Crippen molar-refractivity contribution in [2.24, 2.45) is 0 Å². The number of amides is 1. The van der Waals surface area contributed by atoms with Crippen LogP contribution in [0.3, 0.4) is 0 Å². The third kappa shape index (κ3) is 3.14. The maximum absolute atomic E-state index is 12.7. The van der Waals surface area contributed by atoms with Crippen molar-refractivity contribution in [3.8, 4) is 0 Å². The summed E-state index contributed by atoms with van der Waals surface area (Å²) in [5.41, 5.74) is -0.137. The lowest BCUT2D eigenvalue weighted by molar-refractivity contribution is -0.384. The van der Waals surface area contributed by atoms with Gasteiger partial charge in [0.2, 0.25) is 0 Å². The Hall–Kier alpha value is -1.33. The van der Waals surface area contributed by atoms with E-state index in [1.165, 1.54) is 12.1 Å². The topological polar surface area (TPSA) is 63.5 Å². The molecule has 1 aromatic carbocycles. The monoisotopic (exact) mass is 330 g/mol. The molecule has 7 heteroatoms. The number of nitrogens with zero attached hydrogens (tertiary/aromatic N) is 2. The zero-order valence-electron chi connectivity index (χ0n) is 11.8. The molecule has 2 atom stereocenters. The third-order valence-electron chi connectivity index (χ3n) is 3.88. The Kier molecular flexibility index (Phi) is 4.74. The minimum absolute atomic E-state index is 0.0199. The molecule has 0 saturated carbocycles. The average Bonchev–Trinajstić information content (AvgIpc) is 2.40. The third-order valence-corrected chi connectivity index (χ3v) is 4.67. The molecule has 1 aliphatic heterocycles. The van der Waals surface area contributed by atoms with E-state index >= 15 is 0 Å². The lowest BCUT2D eigenvalue weighted by atomic mass is 9.96. The van der Waals surface area contributed by atoms with Crippen molar-refractivity contribution in [2.75, 3.05) is 0 Å². The number of nitro groups is 1. The molecule has 114 valence electrons. The second-order valence-electron chi connectivity index (χ2n) is 5.39. The van der Waals surface area contributed by atoms with Crippen LogP contribution in [-0.4, -0.2) is 27.8 Å². The van der Waals surface area contributed by atoms with Gasteiger partial charge in [-0.2, -0.15) is 0 Å². The van der Waals surface area contributed by atoms with Gasteiger partial charge in [-0.25, -0.2) is 0 Å². The highest BCUT2D eigenvalue weighted by atomic mass is 35.5. The first kappa shape index (κ1) is 16.0. The van der Waals surface area contributed by atoms with Gasteiger partial charge in [0.05, 0.1) is 9.95 Å². The van der Waals surface area contributed by atoms with Gasteiger partial charge in [0.1, 0.15) is 5.02 Å². The molecular formula is C14H16Cl2N2O3. The number of piperidine rings is 1. The Bertz CT molecular complexity index is 582. The summed E-state index contributed by atoms with van der Waals surface area (Å²) >= 11 is 11.7. The van der Waals surface area contributed by atoms with Crippen LogP contribution in [0.1, 0.15) is 43.5 Å². The Morgan fingerprint density at radius 2 is 1.86 bits per heavy atom. The van der Waals surface area contributed by atoms with E-state index in [2.05, 4.69) is 0 Å². The SMILES string of the molecule is CC1CCCC(C)N1C(=O)c1cc(Cl)c(Cl)c([N+](=O)[O-])c1. The highest BCUT2D eigenvalue weighted by molar-refractivity contribution is 6.43. The summed E-state index contributed by atoms with van der Waals surface area (Å²) in [5.74, 6) is -0.239. The van der Waals surface area contributed by atoms with Gasteiger partial charge in [0.25, 0.3) is 11.6 Å². The van der Waals surface area contributed by atoms with Crippen molar-refractivity contribution in [3.63, 3.8) is 0 Å². The fourth-order valence-electron chi connectivity index (χ4n) is 2.80.